The Labute approximate surface area is 91.4 Å². The van der Waals surface area contributed by atoms with E-state index >= 15 is 0 Å². The average molecular weight is 224 g/mol. The van der Waals surface area contributed by atoms with E-state index in [2.05, 4.69) is 6.58 Å². The Kier molecular flexibility index (Phi) is 4.64. The summed E-state index contributed by atoms with van der Waals surface area (Å²) in [6.45, 7) is 5.52. The molecule has 2 nitrogen and oxygen atoms in total. The van der Waals surface area contributed by atoms with Crippen molar-refractivity contribution in [3.63, 3.8) is 0 Å². The topological polar surface area (TPSA) is 26.3 Å². The molecule has 0 spiro atoms. The molecule has 15 heavy (non-hydrogen) atoms. The number of allylic oxidation sites excluding steroid dienone is 1. The van der Waals surface area contributed by atoms with E-state index in [4.69, 9.17) is 4.52 Å². The van der Waals surface area contributed by atoms with E-state index in [0.717, 1.165) is 6.42 Å². The summed E-state index contributed by atoms with van der Waals surface area (Å²) >= 11 is 0. The van der Waals surface area contributed by atoms with Gasteiger partial charge in [0.25, 0.3) is 0 Å². The minimum absolute atomic E-state index is 0.565. The molecular weight excluding hydrogens is 207 g/mol. The van der Waals surface area contributed by atoms with Gasteiger partial charge in [0.2, 0.25) is 7.37 Å². The number of rotatable bonds is 6. The Bertz CT molecular complexity index is 346. The highest BCUT2D eigenvalue weighted by atomic mass is 31.2. The van der Waals surface area contributed by atoms with Crippen LogP contribution in [0.4, 0.5) is 0 Å². The second-order valence-electron chi connectivity index (χ2n) is 3.34. The van der Waals surface area contributed by atoms with E-state index in [1.807, 2.05) is 37.3 Å². The maximum absolute atomic E-state index is 12.2. The normalized spacial score (nSPS) is 14.2. The minimum Gasteiger partial charge on any atom is -0.443 e. The monoisotopic (exact) mass is 224 g/mol. The van der Waals surface area contributed by atoms with E-state index in [1.54, 1.807) is 6.08 Å². The van der Waals surface area contributed by atoms with Crippen molar-refractivity contribution in [1.29, 1.82) is 0 Å². The largest absolute Gasteiger partial charge is 0.443 e. The van der Waals surface area contributed by atoms with E-state index in [9.17, 15) is 4.57 Å². The molecule has 1 unspecified atom stereocenters. The molecule has 1 rings (SSSR count). The molecule has 0 saturated heterocycles. The molecule has 0 radical (unpaired) electrons. The highest BCUT2D eigenvalue weighted by molar-refractivity contribution is 7.59. The summed E-state index contributed by atoms with van der Waals surface area (Å²) in [7, 11) is -2.51. The van der Waals surface area contributed by atoms with Crippen LogP contribution in [0.15, 0.2) is 43.0 Å². The molecule has 82 valence electrons. The Hall–Kier alpha value is -1.01. The molecule has 3 heteroatoms. The van der Waals surface area contributed by atoms with Gasteiger partial charge in [-0.3, -0.25) is 4.57 Å². The molecule has 1 atom stereocenters. The highest BCUT2D eigenvalue weighted by Crippen LogP contribution is 2.47. The minimum atomic E-state index is -2.51. The summed E-state index contributed by atoms with van der Waals surface area (Å²) < 4.78 is 17.8. The number of para-hydroxylation sites is 1. The van der Waals surface area contributed by atoms with E-state index in [1.165, 1.54) is 0 Å². The van der Waals surface area contributed by atoms with Crippen LogP contribution in [0.25, 0.3) is 0 Å². The summed E-state index contributed by atoms with van der Waals surface area (Å²) in [5, 5.41) is 0. The van der Waals surface area contributed by atoms with Crippen LogP contribution in [0.5, 0.6) is 5.75 Å². The molecular formula is C12H17O2P. The van der Waals surface area contributed by atoms with Crippen molar-refractivity contribution in [2.75, 3.05) is 12.3 Å². The lowest BCUT2D eigenvalue weighted by atomic mass is 10.3. The average Bonchev–Trinajstić information content (AvgIpc) is 2.28. The van der Waals surface area contributed by atoms with Crippen LogP contribution in [0, 0.1) is 0 Å². The van der Waals surface area contributed by atoms with Gasteiger partial charge in [-0.2, -0.15) is 0 Å². The van der Waals surface area contributed by atoms with E-state index in [-0.39, 0.29) is 0 Å². The third kappa shape index (κ3) is 3.93. The SMILES string of the molecule is C=CCCP(=O)(CC)Oc1ccccc1. The summed E-state index contributed by atoms with van der Waals surface area (Å²) in [6, 6.07) is 9.32. The molecule has 0 aromatic heterocycles. The maximum Gasteiger partial charge on any atom is 0.247 e. The van der Waals surface area contributed by atoms with Crippen LogP contribution in [0.1, 0.15) is 13.3 Å². The van der Waals surface area contributed by atoms with Gasteiger partial charge >= 0.3 is 0 Å². The van der Waals surface area contributed by atoms with Gasteiger partial charge in [-0.1, -0.05) is 31.2 Å². The summed E-state index contributed by atoms with van der Waals surface area (Å²) in [4.78, 5) is 0. The quantitative estimate of drug-likeness (QED) is 0.540. The molecule has 0 bridgehead atoms. The summed E-state index contributed by atoms with van der Waals surface area (Å²) in [5.41, 5.74) is 0. The molecule has 0 aliphatic heterocycles. The number of benzene rings is 1. The van der Waals surface area contributed by atoms with Crippen molar-refractivity contribution in [2.45, 2.75) is 13.3 Å². The second-order valence-corrected chi connectivity index (χ2v) is 6.23. The lowest BCUT2D eigenvalue weighted by Crippen LogP contribution is -2.00. The Balaban J connectivity index is 2.68. The van der Waals surface area contributed by atoms with Gasteiger partial charge in [0.1, 0.15) is 5.75 Å². The summed E-state index contributed by atoms with van der Waals surface area (Å²) in [5.74, 6) is 0.687. The smallest absolute Gasteiger partial charge is 0.247 e. The molecule has 0 N–H and O–H groups in total. The second kappa shape index (κ2) is 5.77. The molecule has 1 aromatic rings. The lowest BCUT2D eigenvalue weighted by molar-refractivity contribution is 0.482. The maximum atomic E-state index is 12.2. The van der Waals surface area contributed by atoms with Gasteiger partial charge < -0.3 is 4.52 Å². The van der Waals surface area contributed by atoms with Crippen LogP contribution in [0.3, 0.4) is 0 Å². The Morgan fingerprint density at radius 2 is 2.07 bits per heavy atom. The standard InChI is InChI=1S/C12H17O2P/c1-3-5-11-15(13,4-2)14-12-9-7-6-8-10-12/h3,6-10H,1,4-5,11H2,2H3. The van der Waals surface area contributed by atoms with Gasteiger partial charge in [-0.05, 0) is 18.6 Å². The molecule has 0 heterocycles. The molecule has 0 amide bonds. The van der Waals surface area contributed by atoms with Crippen LogP contribution < -0.4 is 4.52 Å². The first-order chi connectivity index (χ1) is 7.20. The molecule has 0 fully saturated rings. The fourth-order valence-corrected chi connectivity index (χ4v) is 2.85. The third-order valence-electron chi connectivity index (χ3n) is 2.17. The third-order valence-corrected chi connectivity index (χ3v) is 4.62. The van der Waals surface area contributed by atoms with Crippen LogP contribution in [-0.4, -0.2) is 12.3 Å². The molecule has 0 saturated carbocycles. The van der Waals surface area contributed by atoms with E-state index < -0.39 is 7.37 Å². The Morgan fingerprint density at radius 3 is 2.60 bits per heavy atom. The number of hydrogen-bond acceptors (Lipinski definition) is 2. The van der Waals surface area contributed by atoms with Crippen molar-refractivity contribution in [2.24, 2.45) is 0 Å². The van der Waals surface area contributed by atoms with Crippen molar-refractivity contribution >= 4 is 7.37 Å². The molecule has 0 aliphatic rings. The first-order valence-corrected chi connectivity index (χ1v) is 7.13. The highest BCUT2D eigenvalue weighted by Gasteiger charge is 2.20. The van der Waals surface area contributed by atoms with Crippen molar-refractivity contribution in [3.05, 3.63) is 43.0 Å². The fraction of sp³-hybridized carbons (Fsp3) is 0.333. The van der Waals surface area contributed by atoms with Gasteiger partial charge in [0.15, 0.2) is 0 Å². The predicted molar refractivity (Wildman–Crippen MR) is 64.9 cm³/mol. The fourth-order valence-electron chi connectivity index (χ4n) is 1.23. The van der Waals surface area contributed by atoms with Crippen LogP contribution >= 0.6 is 7.37 Å². The summed E-state index contributed by atoms with van der Waals surface area (Å²) in [6.07, 6.45) is 3.65. The number of hydrogen-bond donors (Lipinski definition) is 0. The van der Waals surface area contributed by atoms with Gasteiger partial charge in [0, 0.05) is 12.3 Å². The first-order valence-electron chi connectivity index (χ1n) is 5.14. The zero-order chi connectivity index (χ0) is 11.1. The van der Waals surface area contributed by atoms with Crippen molar-refractivity contribution in [1.82, 2.24) is 0 Å². The van der Waals surface area contributed by atoms with Crippen LogP contribution in [0.2, 0.25) is 0 Å². The van der Waals surface area contributed by atoms with Crippen molar-refractivity contribution < 1.29 is 9.09 Å². The Morgan fingerprint density at radius 1 is 1.40 bits per heavy atom. The predicted octanol–water partition coefficient (Wildman–Crippen LogP) is 3.94. The van der Waals surface area contributed by atoms with Gasteiger partial charge in [-0.25, -0.2) is 0 Å². The first kappa shape index (κ1) is 12.1. The van der Waals surface area contributed by atoms with Gasteiger partial charge in [-0.15, -0.1) is 6.58 Å². The van der Waals surface area contributed by atoms with Gasteiger partial charge in [0.05, 0.1) is 0 Å². The zero-order valence-electron chi connectivity index (χ0n) is 9.06. The van der Waals surface area contributed by atoms with Crippen molar-refractivity contribution in [3.8, 4) is 5.75 Å². The van der Waals surface area contributed by atoms with Crippen LogP contribution in [-0.2, 0) is 4.57 Å². The lowest BCUT2D eigenvalue weighted by Gasteiger charge is -2.17. The van der Waals surface area contributed by atoms with E-state index in [0.29, 0.717) is 18.1 Å². The zero-order valence-corrected chi connectivity index (χ0v) is 9.95. The molecule has 0 aliphatic carbocycles. The molecule has 1 aromatic carbocycles.